The number of carbonyl (C=O) groups is 4. The number of carboxylic acid groups (broad SMARTS) is 1. The first-order valence-corrected chi connectivity index (χ1v) is 29.9. The molecular weight excluding hydrogens is 949 g/mol. The van der Waals surface area contributed by atoms with E-state index in [1.165, 1.54) is 38.5 Å². The van der Waals surface area contributed by atoms with Gasteiger partial charge in [0.2, 0.25) is 0 Å². The van der Waals surface area contributed by atoms with Gasteiger partial charge in [-0.15, -0.1) is 0 Å². The van der Waals surface area contributed by atoms with Gasteiger partial charge >= 0.3 is 23.9 Å². The first kappa shape index (κ1) is 69.2. The summed E-state index contributed by atoms with van der Waals surface area (Å²) in [5.74, 6) is -3.16. The molecule has 0 saturated carbocycles. The molecule has 0 aromatic carbocycles. The van der Waals surface area contributed by atoms with E-state index < -0.39 is 67.3 Å². The third-order valence-electron chi connectivity index (χ3n) is 13.2. The van der Waals surface area contributed by atoms with E-state index in [9.17, 15) is 34.5 Å². The monoisotopic (exact) mass is 1050 g/mol. The molecule has 0 bridgehead atoms. The maximum absolute atomic E-state index is 13.1. The largest absolute Gasteiger partial charge is 0.479 e. The van der Waals surface area contributed by atoms with Gasteiger partial charge in [0, 0.05) is 19.3 Å². The second-order valence-electron chi connectivity index (χ2n) is 20.3. The summed E-state index contributed by atoms with van der Waals surface area (Å²) >= 11 is 0. The Morgan fingerprint density at radius 3 is 1.25 bits per heavy atom. The second kappa shape index (κ2) is 50.9. The van der Waals surface area contributed by atoms with Crippen molar-refractivity contribution in [1.82, 2.24) is 0 Å². The van der Waals surface area contributed by atoms with Crippen molar-refractivity contribution in [2.45, 2.75) is 289 Å². The number of aliphatic hydroxyl groups excluding tert-OH is 2. The van der Waals surface area contributed by atoms with E-state index >= 15 is 0 Å². The molecule has 0 spiro atoms. The number of hydrogen-bond acceptors (Lipinski definition) is 11. The number of aliphatic carboxylic acids is 1. The third kappa shape index (κ3) is 41.0. The number of unbranched alkanes of at least 4 members (excludes halogenated alkanes) is 24. The molecular formula is C63H106O12. The van der Waals surface area contributed by atoms with E-state index in [0.29, 0.717) is 19.3 Å². The number of esters is 3. The fourth-order valence-corrected chi connectivity index (χ4v) is 8.58. The Balaban J connectivity index is 2.70. The zero-order chi connectivity index (χ0) is 54.7. The fourth-order valence-electron chi connectivity index (χ4n) is 8.58. The molecule has 12 heteroatoms. The molecule has 12 nitrogen and oxygen atoms in total. The lowest BCUT2D eigenvalue weighted by molar-refractivity contribution is -0.301. The van der Waals surface area contributed by atoms with Crippen molar-refractivity contribution < 1.29 is 58.2 Å². The van der Waals surface area contributed by atoms with Crippen LogP contribution in [0.5, 0.6) is 0 Å². The van der Waals surface area contributed by atoms with Gasteiger partial charge in [-0.25, -0.2) is 4.79 Å². The minimum absolute atomic E-state index is 0.0468. The highest BCUT2D eigenvalue weighted by atomic mass is 16.7. The summed E-state index contributed by atoms with van der Waals surface area (Å²) in [6.07, 6.45) is 51.5. The predicted molar refractivity (Wildman–Crippen MR) is 303 cm³/mol. The van der Waals surface area contributed by atoms with Gasteiger partial charge in [-0.2, -0.15) is 0 Å². The van der Waals surface area contributed by atoms with Crippen LogP contribution in [0.4, 0.5) is 0 Å². The molecule has 1 aliphatic heterocycles. The van der Waals surface area contributed by atoms with E-state index in [-0.39, 0.29) is 25.9 Å². The molecule has 0 aromatic heterocycles. The van der Waals surface area contributed by atoms with Crippen LogP contribution < -0.4 is 0 Å². The van der Waals surface area contributed by atoms with Crippen molar-refractivity contribution in [3.05, 3.63) is 72.9 Å². The molecule has 1 saturated heterocycles. The van der Waals surface area contributed by atoms with Crippen molar-refractivity contribution in [2.75, 3.05) is 13.2 Å². The molecule has 430 valence electrons. The zero-order valence-corrected chi connectivity index (χ0v) is 47.3. The average molecular weight is 1060 g/mol. The Morgan fingerprint density at radius 1 is 0.440 bits per heavy atom. The van der Waals surface area contributed by atoms with Gasteiger partial charge < -0.3 is 39.0 Å². The number of carbonyl (C=O) groups excluding carboxylic acids is 3. The number of allylic oxidation sites excluding steroid dienone is 12. The van der Waals surface area contributed by atoms with Crippen LogP contribution in [-0.2, 0) is 42.9 Å². The quantitative estimate of drug-likeness (QED) is 0.0228. The second-order valence-corrected chi connectivity index (χ2v) is 20.3. The predicted octanol–water partition coefficient (Wildman–Crippen LogP) is 15.3. The van der Waals surface area contributed by atoms with Gasteiger partial charge in [0.1, 0.15) is 18.8 Å². The first-order chi connectivity index (χ1) is 36.6. The maximum Gasteiger partial charge on any atom is 0.335 e. The van der Waals surface area contributed by atoms with E-state index in [2.05, 4.69) is 93.7 Å². The summed E-state index contributed by atoms with van der Waals surface area (Å²) in [4.78, 5) is 51.1. The Hall–Kier alpha value is -3.84. The molecule has 6 atom stereocenters. The smallest absolute Gasteiger partial charge is 0.335 e. The van der Waals surface area contributed by atoms with Gasteiger partial charge in [-0.05, 0) is 109 Å². The topological polar surface area (TPSA) is 175 Å². The van der Waals surface area contributed by atoms with Crippen molar-refractivity contribution in [1.29, 1.82) is 0 Å². The van der Waals surface area contributed by atoms with E-state index in [1.54, 1.807) is 0 Å². The van der Waals surface area contributed by atoms with Crippen LogP contribution in [0.2, 0.25) is 0 Å². The minimum atomic E-state index is -1.91. The lowest BCUT2D eigenvalue weighted by Crippen LogP contribution is -2.61. The number of carboxylic acids is 1. The molecule has 0 aliphatic carbocycles. The molecule has 0 amide bonds. The summed E-state index contributed by atoms with van der Waals surface area (Å²) in [5.41, 5.74) is 0. The van der Waals surface area contributed by atoms with Crippen molar-refractivity contribution >= 4 is 23.9 Å². The molecule has 75 heavy (non-hydrogen) atoms. The Bertz CT molecular complexity index is 1580. The van der Waals surface area contributed by atoms with Gasteiger partial charge in [0.25, 0.3) is 0 Å². The van der Waals surface area contributed by atoms with Gasteiger partial charge in [0.15, 0.2) is 24.6 Å². The zero-order valence-electron chi connectivity index (χ0n) is 47.3. The normalized spacial score (nSPS) is 18.7. The summed E-state index contributed by atoms with van der Waals surface area (Å²) in [6.45, 7) is 5.85. The Labute approximate surface area is 455 Å². The maximum atomic E-state index is 13.1. The third-order valence-corrected chi connectivity index (χ3v) is 13.2. The van der Waals surface area contributed by atoms with E-state index in [4.69, 9.17) is 23.7 Å². The van der Waals surface area contributed by atoms with Gasteiger partial charge in [-0.1, -0.05) is 196 Å². The molecule has 6 unspecified atom stereocenters. The molecule has 3 N–H and O–H groups in total. The van der Waals surface area contributed by atoms with Crippen molar-refractivity contribution in [3.8, 4) is 0 Å². The first-order valence-electron chi connectivity index (χ1n) is 29.9. The summed E-state index contributed by atoms with van der Waals surface area (Å²) in [5, 5.41) is 31.5. The van der Waals surface area contributed by atoms with Gasteiger partial charge in [0.05, 0.1) is 6.61 Å². The number of ether oxygens (including phenoxy) is 5. The SMILES string of the molecule is CCC/C=C\C/C=C\CCCCCCCC(=O)OC(COC(=O)CCCCCCC/C=C\C/C=C\CCCCC)COC1OC(C(=O)O)C(O)C(O)C1OC(=O)CCCCCCCCC/C=C\C/C=C\CCCCC. The summed E-state index contributed by atoms with van der Waals surface area (Å²) in [6, 6.07) is 0. The molecule has 1 heterocycles. The van der Waals surface area contributed by atoms with Crippen LogP contribution in [0.15, 0.2) is 72.9 Å². The number of hydrogen-bond donors (Lipinski definition) is 3. The van der Waals surface area contributed by atoms with E-state index in [0.717, 1.165) is 154 Å². The number of rotatable bonds is 50. The van der Waals surface area contributed by atoms with Gasteiger partial charge in [-0.3, -0.25) is 14.4 Å². The molecule has 1 fully saturated rings. The molecule has 0 radical (unpaired) electrons. The van der Waals surface area contributed by atoms with Crippen LogP contribution in [0.25, 0.3) is 0 Å². The highest BCUT2D eigenvalue weighted by Gasteiger charge is 2.50. The van der Waals surface area contributed by atoms with Crippen LogP contribution in [-0.4, -0.2) is 89.2 Å². The summed E-state index contributed by atoms with van der Waals surface area (Å²) < 4.78 is 28.4. The molecule has 0 aromatic rings. The Kier molecular flexibility index (Phi) is 47.0. The highest BCUT2D eigenvalue weighted by molar-refractivity contribution is 5.74. The average Bonchev–Trinajstić information content (AvgIpc) is 3.39. The van der Waals surface area contributed by atoms with Crippen LogP contribution in [0.3, 0.4) is 0 Å². The van der Waals surface area contributed by atoms with Crippen molar-refractivity contribution in [3.63, 3.8) is 0 Å². The summed E-state index contributed by atoms with van der Waals surface area (Å²) in [7, 11) is 0. The van der Waals surface area contributed by atoms with Crippen molar-refractivity contribution in [2.24, 2.45) is 0 Å². The lowest BCUT2D eigenvalue weighted by atomic mass is 9.98. The van der Waals surface area contributed by atoms with E-state index in [1.807, 2.05) is 0 Å². The fraction of sp³-hybridized carbons (Fsp3) is 0.746. The lowest BCUT2D eigenvalue weighted by Gasteiger charge is -2.40. The molecule has 1 aliphatic rings. The highest BCUT2D eigenvalue weighted by Crippen LogP contribution is 2.26. The van der Waals surface area contributed by atoms with Crippen LogP contribution in [0.1, 0.15) is 252 Å². The Morgan fingerprint density at radius 2 is 0.827 bits per heavy atom. The standard InChI is InChI=1S/C63H106O12/c1-4-7-10-13-16-19-22-25-27-28-30-33-36-39-42-45-48-51-57(66)74-61-59(68)58(67)60(62(69)70)75-63(61)72-53-54(73-56(65)50-47-44-41-38-35-31-24-21-18-15-12-9-6-3)52-71-55(64)49-46-43-40-37-34-32-29-26-23-20-17-14-11-8-5-2/h12,15-17,19-21,24-27,29,54,58-61,63,67-68H,4-11,13-14,18,22-23,28,30-53H2,1-3H3,(H,69,70)/b15-12-,19-16-,20-17-,24-21-,27-25-,29-26-. The molecule has 1 rings (SSSR count). The number of aliphatic hydroxyl groups is 2. The van der Waals surface area contributed by atoms with Crippen LogP contribution >= 0.6 is 0 Å². The van der Waals surface area contributed by atoms with Crippen LogP contribution in [0, 0.1) is 0 Å². The minimum Gasteiger partial charge on any atom is -0.479 e.